The molecule has 0 saturated heterocycles. The van der Waals surface area contributed by atoms with Crippen molar-refractivity contribution in [2.24, 2.45) is 0 Å². The second-order valence-electron chi connectivity index (χ2n) is 5.00. The normalized spacial score (nSPS) is 14.9. The van der Waals surface area contributed by atoms with E-state index in [1.807, 2.05) is 11.7 Å². The molecule has 1 N–H and O–H groups in total. The fourth-order valence-electron chi connectivity index (χ4n) is 2.70. The Morgan fingerprint density at radius 1 is 1.45 bits per heavy atom. The zero-order chi connectivity index (χ0) is 13.9. The van der Waals surface area contributed by atoms with Crippen molar-refractivity contribution in [2.45, 2.75) is 32.4 Å². The quantitative estimate of drug-likeness (QED) is 0.900. The molecular weight excluding hydrogens is 252 g/mol. The first-order chi connectivity index (χ1) is 9.81. The number of fused-ring (bicyclic) bond motifs is 1. The van der Waals surface area contributed by atoms with Crippen molar-refractivity contribution in [3.05, 3.63) is 41.5 Å². The topological polar surface area (TPSA) is 52.0 Å². The van der Waals surface area contributed by atoms with Gasteiger partial charge >= 0.3 is 0 Å². The van der Waals surface area contributed by atoms with Crippen LogP contribution in [0.1, 0.15) is 29.9 Å². The van der Waals surface area contributed by atoms with Crippen LogP contribution in [-0.2, 0) is 19.4 Å². The predicted molar refractivity (Wildman–Crippen MR) is 76.8 cm³/mol. The van der Waals surface area contributed by atoms with E-state index in [9.17, 15) is 0 Å². The molecule has 1 aliphatic rings. The summed E-state index contributed by atoms with van der Waals surface area (Å²) in [5, 5.41) is 7.61. The van der Waals surface area contributed by atoms with Crippen molar-refractivity contribution in [1.29, 1.82) is 0 Å². The van der Waals surface area contributed by atoms with Gasteiger partial charge in [0.2, 0.25) is 0 Å². The fourth-order valence-corrected chi connectivity index (χ4v) is 2.70. The Kier molecular flexibility index (Phi) is 3.69. The summed E-state index contributed by atoms with van der Waals surface area (Å²) < 4.78 is 7.51. The lowest BCUT2D eigenvalue weighted by molar-refractivity contribution is 0.356. The minimum absolute atomic E-state index is 0.246. The Morgan fingerprint density at radius 3 is 3.15 bits per heavy atom. The van der Waals surface area contributed by atoms with E-state index >= 15 is 0 Å². The van der Waals surface area contributed by atoms with Crippen molar-refractivity contribution in [2.75, 3.05) is 13.7 Å². The molecular formula is C15H20N4O. The van der Waals surface area contributed by atoms with Crippen LogP contribution in [0.25, 0.3) is 0 Å². The summed E-state index contributed by atoms with van der Waals surface area (Å²) in [5.74, 6) is 2.05. The molecule has 20 heavy (non-hydrogen) atoms. The van der Waals surface area contributed by atoms with Gasteiger partial charge in [-0.2, -0.15) is 5.10 Å². The number of benzene rings is 1. The summed E-state index contributed by atoms with van der Waals surface area (Å²) in [6, 6.07) is 6.70. The van der Waals surface area contributed by atoms with Crippen LogP contribution >= 0.6 is 0 Å². The monoisotopic (exact) mass is 272 g/mol. The molecule has 2 heterocycles. The van der Waals surface area contributed by atoms with Crippen LogP contribution in [0, 0.1) is 0 Å². The number of aryl methyl sites for hydroxylation is 1. The Hall–Kier alpha value is -1.88. The zero-order valence-corrected chi connectivity index (χ0v) is 12.0. The second-order valence-corrected chi connectivity index (χ2v) is 5.00. The number of nitrogens with zero attached hydrogens (tertiary/aromatic N) is 3. The average molecular weight is 272 g/mol. The van der Waals surface area contributed by atoms with Gasteiger partial charge in [0.15, 0.2) is 0 Å². The zero-order valence-electron chi connectivity index (χ0n) is 12.0. The Bertz CT molecular complexity index is 593. The maximum atomic E-state index is 5.56. The maximum absolute atomic E-state index is 5.56. The smallest absolute Gasteiger partial charge is 0.138 e. The van der Waals surface area contributed by atoms with Crippen molar-refractivity contribution in [3.63, 3.8) is 0 Å². The van der Waals surface area contributed by atoms with Crippen LogP contribution in [-0.4, -0.2) is 28.4 Å². The van der Waals surface area contributed by atoms with Crippen molar-refractivity contribution in [1.82, 2.24) is 20.1 Å². The van der Waals surface area contributed by atoms with Crippen LogP contribution < -0.4 is 10.1 Å². The highest BCUT2D eigenvalue weighted by Crippen LogP contribution is 2.29. The van der Waals surface area contributed by atoms with Crippen LogP contribution in [0.15, 0.2) is 24.5 Å². The molecule has 2 aromatic rings. The lowest BCUT2D eigenvalue weighted by atomic mass is 10.00. The summed E-state index contributed by atoms with van der Waals surface area (Å²) >= 11 is 0. The van der Waals surface area contributed by atoms with Crippen molar-refractivity contribution >= 4 is 0 Å². The average Bonchev–Trinajstić information content (AvgIpc) is 3.12. The summed E-state index contributed by atoms with van der Waals surface area (Å²) in [5.41, 5.74) is 2.59. The fraction of sp³-hybridized carbons (Fsp3) is 0.467. The van der Waals surface area contributed by atoms with E-state index in [2.05, 4.69) is 40.5 Å². The Morgan fingerprint density at radius 2 is 2.35 bits per heavy atom. The van der Waals surface area contributed by atoms with E-state index in [0.717, 1.165) is 37.6 Å². The molecule has 0 saturated carbocycles. The molecule has 0 spiro atoms. The van der Waals surface area contributed by atoms with Crippen LogP contribution in [0.3, 0.4) is 0 Å². The first kappa shape index (κ1) is 13.1. The van der Waals surface area contributed by atoms with Gasteiger partial charge in [-0.05, 0) is 31.2 Å². The summed E-state index contributed by atoms with van der Waals surface area (Å²) in [7, 11) is 1.99. The molecule has 0 fully saturated rings. The van der Waals surface area contributed by atoms with Gasteiger partial charge in [-0.3, -0.25) is 4.68 Å². The van der Waals surface area contributed by atoms with E-state index in [-0.39, 0.29) is 6.04 Å². The first-order valence-electron chi connectivity index (χ1n) is 7.11. The van der Waals surface area contributed by atoms with Crippen LogP contribution in [0.5, 0.6) is 5.75 Å². The third-order valence-electron chi connectivity index (χ3n) is 3.85. The Labute approximate surface area is 119 Å². The molecule has 0 radical (unpaired) electrons. The largest absolute Gasteiger partial charge is 0.493 e. The highest BCUT2D eigenvalue weighted by molar-refractivity contribution is 5.41. The first-order valence-corrected chi connectivity index (χ1v) is 7.11. The van der Waals surface area contributed by atoms with Crippen molar-refractivity contribution in [3.8, 4) is 5.75 Å². The molecule has 1 atom stereocenters. The Balaban J connectivity index is 1.83. The van der Waals surface area contributed by atoms with E-state index in [0.29, 0.717) is 0 Å². The number of rotatable bonds is 5. The van der Waals surface area contributed by atoms with Gasteiger partial charge in [-0.15, -0.1) is 0 Å². The lowest BCUT2D eigenvalue weighted by Crippen LogP contribution is -2.21. The molecule has 0 aliphatic carbocycles. The van der Waals surface area contributed by atoms with Gasteiger partial charge in [0.05, 0.1) is 6.61 Å². The van der Waals surface area contributed by atoms with Gasteiger partial charge in [0.25, 0.3) is 0 Å². The van der Waals surface area contributed by atoms with E-state index < -0.39 is 0 Å². The van der Waals surface area contributed by atoms with Gasteiger partial charge in [-0.25, -0.2) is 4.98 Å². The van der Waals surface area contributed by atoms with Crippen LogP contribution in [0.2, 0.25) is 0 Å². The highest BCUT2D eigenvalue weighted by atomic mass is 16.5. The third-order valence-corrected chi connectivity index (χ3v) is 3.85. The second kappa shape index (κ2) is 5.63. The summed E-state index contributed by atoms with van der Waals surface area (Å²) in [6.45, 7) is 3.73. The predicted octanol–water partition coefficient (Wildman–Crippen LogP) is 1.74. The molecule has 3 rings (SSSR count). The number of aromatic nitrogens is 3. The van der Waals surface area contributed by atoms with Crippen LogP contribution in [0.4, 0.5) is 0 Å². The molecule has 106 valence electrons. The number of hydrogen-bond donors (Lipinski definition) is 1. The minimum Gasteiger partial charge on any atom is -0.493 e. The van der Waals surface area contributed by atoms with Gasteiger partial charge in [0.1, 0.15) is 17.9 Å². The van der Waals surface area contributed by atoms with Gasteiger partial charge < -0.3 is 10.1 Å². The molecule has 1 aliphatic heterocycles. The van der Waals surface area contributed by atoms with E-state index in [1.165, 1.54) is 11.1 Å². The molecule has 0 bridgehead atoms. The minimum atomic E-state index is 0.246. The molecule has 5 nitrogen and oxygen atoms in total. The van der Waals surface area contributed by atoms with Gasteiger partial charge in [0, 0.05) is 25.4 Å². The van der Waals surface area contributed by atoms with E-state index in [1.54, 1.807) is 6.33 Å². The molecule has 1 aromatic heterocycles. The standard InChI is InChI=1S/C15H20N4O/c1-3-19-15(17-10-18-19)9-13(16-2)11-4-5-14-12(8-11)6-7-20-14/h4-5,8,10,13,16H,3,6-7,9H2,1-2H3. The molecule has 5 heteroatoms. The maximum Gasteiger partial charge on any atom is 0.138 e. The number of nitrogens with one attached hydrogen (secondary N) is 1. The van der Waals surface area contributed by atoms with E-state index in [4.69, 9.17) is 4.74 Å². The molecule has 1 aromatic carbocycles. The molecule has 0 amide bonds. The highest BCUT2D eigenvalue weighted by Gasteiger charge is 2.18. The number of ether oxygens (including phenoxy) is 1. The van der Waals surface area contributed by atoms with Gasteiger partial charge in [-0.1, -0.05) is 12.1 Å². The molecule has 1 unspecified atom stereocenters. The third kappa shape index (κ3) is 2.41. The number of hydrogen-bond acceptors (Lipinski definition) is 4. The summed E-state index contributed by atoms with van der Waals surface area (Å²) in [6.07, 6.45) is 3.47. The lowest BCUT2D eigenvalue weighted by Gasteiger charge is -2.17. The van der Waals surface area contributed by atoms with Crippen molar-refractivity contribution < 1.29 is 4.74 Å². The SMILES string of the molecule is CCn1ncnc1CC(NC)c1ccc2c(c1)CCO2. The number of likely N-dealkylation sites (N-methyl/N-ethyl adjacent to an activating group) is 1. The summed E-state index contributed by atoms with van der Waals surface area (Å²) in [4.78, 5) is 4.36.